The van der Waals surface area contributed by atoms with Crippen molar-refractivity contribution in [2.24, 2.45) is 0 Å². The second kappa shape index (κ2) is 8.81. The molecule has 20 heavy (non-hydrogen) atoms. The summed E-state index contributed by atoms with van der Waals surface area (Å²) in [5.41, 5.74) is 1.14. The van der Waals surface area contributed by atoms with Gasteiger partial charge >= 0.3 is 6.18 Å². The molecule has 1 rings (SSSR count). The van der Waals surface area contributed by atoms with E-state index in [-0.39, 0.29) is 13.2 Å². The molecule has 0 saturated heterocycles. The molecule has 6 heteroatoms. The quantitative estimate of drug-likeness (QED) is 0.709. The second-order valence-electron chi connectivity index (χ2n) is 4.34. The smallest absolute Gasteiger partial charge is 0.411 e. The first kappa shape index (κ1) is 16.8. The minimum atomic E-state index is -4.28. The lowest BCUT2D eigenvalue weighted by atomic mass is 10.2. The van der Waals surface area contributed by atoms with E-state index >= 15 is 0 Å². The summed E-state index contributed by atoms with van der Waals surface area (Å²) in [6.45, 7) is 2.64. The molecule has 0 aliphatic heterocycles. The summed E-state index contributed by atoms with van der Waals surface area (Å²) in [4.78, 5) is 0. The molecule has 1 aromatic carbocycles. The highest BCUT2D eigenvalue weighted by Crippen LogP contribution is 2.15. The van der Waals surface area contributed by atoms with Crippen molar-refractivity contribution in [3.8, 4) is 5.75 Å². The maximum Gasteiger partial charge on any atom is 0.411 e. The molecule has 0 unspecified atom stereocenters. The molecule has 114 valence electrons. The Morgan fingerprint density at radius 1 is 1.10 bits per heavy atom. The van der Waals surface area contributed by atoms with Crippen LogP contribution in [-0.2, 0) is 11.3 Å². The van der Waals surface area contributed by atoms with Crippen molar-refractivity contribution in [3.63, 3.8) is 0 Å². The van der Waals surface area contributed by atoms with Gasteiger partial charge in [-0.2, -0.15) is 13.2 Å². The van der Waals surface area contributed by atoms with Gasteiger partial charge in [0.2, 0.25) is 0 Å². The van der Waals surface area contributed by atoms with E-state index in [0.29, 0.717) is 5.75 Å². The molecule has 0 aliphatic rings. The maximum absolute atomic E-state index is 11.8. The molecule has 1 aromatic rings. The Morgan fingerprint density at radius 2 is 1.80 bits per heavy atom. The summed E-state index contributed by atoms with van der Waals surface area (Å²) >= 11 is 0. The molecule has 0 aromatic heterocycles. The van der Waals surface area contributed by atoms with Crippen LogP contribution in [0.2, 0.25) is 0 Å². The Balaban J connectivity index is 2.18. The van der Waals surface area contributed by atoms with E-state index in [1.807, 2.05) is 12.1 Å². The van der Waals surface area contributed by atoms with Gasteiger partial charge in [0.25, 0.3) is 0 Å². The fraction of sp³-hybridized carbons (Fsp3) is 0.571. The monoisotopic (exact) mass is 291 g/mol. The van der Waals surface area contributed by atoms with Gasteiger partial charge < -0.3 is 14.8 Å². The molecule has 0 amide bonds. The van der Waals surface area contributed by atoms with Gasteiger partial charge in [-0.3, -0.25) is 0 Å². The highest BCUT2D eigenvalue weighted by Gasteiger charge is 2.27. The number of hydrogen-bond donors (Lipinski definition) is 1. The van der Waals surface area contributed by atoms with Crippen molar-refractivity contribution in [2.45, 2.75) is 26.1 Å². The molecule has 0 radical (unpaired) electrons. The summed E-state index contributed by atoms with van der Waals surface area (Å²) in [5, 5.41) is 3.28. The molecule has 0 saturated carbocycles. The zero-order chi connectivity index (χ0) is 14.8. The van der Waals surface area contributed by atoms with Crippen molar-refractivity contribution in [1.29, 1.82) is 0 Å². The molecule has 0 spiro atoms. The summed E-state index contributed by atoms with van der Waals surface area (Å²) in [5.74, 6) is 0.625. The number of hydrogen-bond acceptors (Lipinski definition) is 3. The third-order valence-electron chi connectivity index (χ3n) is 2.44. The highest BCUT2D eigenvalue weighted by molar-refractivity contribution is 5.27. The SMILES string of the molecule is CCCNCc1ccc(OCCOCC(F)(F)F)cc1. The van der Waals surface area contributed by atoms with Crippen LogP contribution in [0.25, 0.3) is 0 Å². The Morgan fingerprint density at radius 3 is 2.40 bits per heavy atom. The maximum atomic E-state index is 11.8. The van der Waals surface area contributed by atoms with Crippen molar-refractivity contribution >= 4 is 0 Å². The molecular formula is C14H20F3NO2. The molecule has 0 fully saturated rings. The lowest BCUT2D eigenvalue weighted by Gasteiger charge is -2.09. The van der Waals surface area contributed by atoms with Gasteiger partial charge in [-0.05, 0) is 30.7 Å². The summed E-state index contributed by atoms with van der Waals surface area (Å²) < 4.78 is 45.2. The van der Waals surface area contributed by atoms with Gasteiger partial charge in [0.05, 0.1) is 6.61 Å². The third kappa shape index (κ3) is 8.01. The number of rotatable bonds is 9. The average molecular weight is 291 g/mol. The minimum absolute atomic E-state index is 0.0840. The van der Waals surface area contributed by atoms with Crippen LogP contribution < -0.4 is 10.1 Å². The fourth-order valence-electron chi connectivity index (χ4n) is 1.52. The summed E-state index contributed by atoms with van der Waals surface area (Å²) in [6, 6.07) is 7.45. The fourth-order valence-corrected chi connectivity index (χ4v) is 1.52. The lowest BCUT2D eigenvalue weighted by Crippen LogP contribution is -2.19. The van der Waals surface area contributed by atoms with Gasteiger partial charge in [0.1, 0.15) is 19.0 Å². The van der Waals surface area contributed by atoms with Gasteiger partial charge in [-0.15, -0.1) is 0 Å². The topological polar surface area (TPSA) is 30.5 Å². The molecular weight excluding hydrogens is 271 g/mol. The van der Waals surface area contributed by atoms with Crippen LogP contribution in [0.1, 0.15) is 18.9 Å². The molecule has 0 bridgehead atoms. The van der Waals surface area contributed by atoms with Crippen molar-refractivity contribution in [3.05, 3.63) is 29.8 Å². The molecule has 0 heterocycles. The van der Waals surface area contributed by atoms with Crippen LogP contribution in [0.15, 0.2) is 24.3 Å². The Hall–Kier alpha value is -1.27. The Kier molecular flexibility index (Phi) is 7.40. The molecule has 1 N–H and O–H groups in total. The number of halogens is 3. The first-order valence-electron chi connectivity index (χ1n) is 6.58. The lowest BCUT2D eigenvalue weighted by molar-refractivity contribution is -0.175. The summed E-state index contributed by atoms with van der Waals surface area (Å²) in [7, 11) is 0. The average Bonchev–Trinajstić information content (AvgIpc) is 2.39. The van der Waals surface area contributed by atoms with Crippen LogP contribution in [0.4, 0.5) is 13.2 Å². The first-order chi connectivity index (χ1) is 9.51. The van der Waals surface area contributed by atoms with E-state index in [9.17, 15) is 13.2 Å². The highest BCUT2D eigenvalue weighted by atomic mass is 19.4. The van der Waals surface area contributed by atoms with Crippen LogP contribution in [0, 0.1) is 0 Å². The van der Waals surface area contributed by atoms with E-state index in [1.54, 1.807) is 12.1 Å². The van der Waals surface area contributed by atoms with E-state index < -0.39 is 12.8 Å². The van der Waals surface area contributed by atoms with E-state index in [1.165, 1.54) is 0 Å². The van der Waals surface area contributed by atoms with E-state index in [2.05, 4.69) is 17.0 Å². The standard InChI is InChI=1S/C14H20F3NO2/c1-2-7-18-10-12-3-5-13(6-4-12)20-9-8-19-11-14(15,16)17/h3-6,18H,2,7-11H2,1H3. The normalized spacial score (nSPS) is 11.6. The van der Waals surface area contributed by atoms with E-state index in [4.69, 9.17) is 4.74 Å². The largest absolute Gasteiger partial charge is 0.491 e. The van der Waals surface area contributed by atoms with Crippen molar-refractivity contribution in [2.75, 3.05) is 26.4 Å². The predicted octanol–water partition coefficient (Wildman–Crippen LogP) is 3.14. The van der Waals surface area contributed by atoms with Crippen LogP contribution >= 0.6 is 0 Å². The number of nitrogens with one attached hydrogen (secondary N) is 1. The van der Waals surface area contributed by atoms with Crippen LogP contribution in [-0.4, -0.2) is 32.5 Å². The van der Waals surface area contributed by atoms with Gasteiger partial charge in [0, 0.05) is 6.54 Å². The number of alkyl halides is 3. The van der Waals surface area contributed by atoms with Crippen LogP contribution in [0.5, 0.6) is 5.75 Å². The predicted molar refractivity (Wildman–Crippen MR) is 70.8 cm³/mol. The Bertz CT molecular complexity index is 366. The van der Waals surface area contributed by atoms with Crippen molar-refractivity contribution < 1.29 is 22.6 Å². The first-order valence-corrected chi connectivity index (χ1v) is 6.58. The van der Waals surface area contributed by atoms with E-state index in [0.717, 1.165) is 25.1 Å². The van der Waals surface area contributed by atoms with Crippen LogP contribution in [0.3, 0.4) is 0 Å². The molecule has 0 atom stereocenters. The minimum Gasteiger partial charge on any atom is -0.491 e. The zero-order valence-electron chi connectivity index (χ0n) is 11.5. The number of ether oxygens (including phenoxy) is 2. The molecule has 3 nitrogen and oxygen atoms in total. The third-order valence-corrected chi connectivity index (χ3v) is 2.44. The van der Waals surface area contributed by atoms with Gasteiger partial charge in [0.15, 0.2) is 0 Å². The summed E-state index contributed by atoms with van der Waals surface area (Å²) in [6.07, 6.45) is -3.20. The second-order valence-corrected chi connectivity index (χ2v) is 4.34. The zero-order valence-corrected chi connectivity index (χ0v) is 11.5. The number of benzene rings is 1. The van der Waals surface area contributed by atoms with Crippen molar-refractivity contribution in [1.82, 2.24) is 5.32 Å². The molecule has 0 aliphatic carbocycles. The van der Waals surface area contributed by atoms with Gasteiger partial charge in [-0.25, -0.2) is 0 Å². The van der Waals surface area contributed by atoms with Gasteiger partial charge in [-0.1, -0.05) is 19.1 Å². The Labute approximate surface area is 117 Å².